The van der Waals surface area contributed by atoms with E-state index in [4.69, 9.17) is 5.11 Å². The highest BCUT2D eigenvalue weighted by Crippen LogP contribution is 2.07. The van der Waals surface area contributed by atoms with Crippen LogP contribution in [0.4, 0.5) is 0 Å². The fourth-order valence-electron chi connectivity index (χ4n) is 1.53. The zero-order valence-corrected chi connectivity index (χ0v) is 9.99. The van der Waals surface area contributed by atoms with E-state index in [1.165, 1.54) is 6.33 Å². The van der Waals surface area contributed by atoms with E-state index in [0.29, 0.717) is 12.5 Å². The molecule has 1 aromatic rings. The Hall–Kier alpha value is -1.85. The Morgan fingerprint density at radius 1 is 1.47 bits per heavy atom. The fraction of sp³-hybridized carbons (Fsp3) is 0.545. The van der Waals surface area contributed by atoms with Crippen LogP contribution in [0.25, 0.3) is 0 Å². The highest BCUT2D eigenvalue weighted by Gasteiger charge is 2.19. The normalized spacial score (nSPS) is 10.5. The van der Waals surface area contributed by atoms with Crippen LogP contribution in [0.1, 0.15) is 47.7 Å². The third kappa shape index (κ3) is 3.30. The Morgan fingerprint density at radius 3 is 2.65 bits per heavy atom. The molecule has 0 fully saturated rings. The summed E-state index contributed by atoms with van der Waals surface area (Å²) in [5, 5.41) is 11.5. The third-order valence-corrected chi connectivity index (χ3v) is 2.77. The van der Waals surface area contributed by atoms with E-state index in [9.17, 15) is 9.59 Å². The summed E-state index contributed by atoms with van der Waals surface area (Å²) in [5.74, 6) is -1.23. The van der Waals surface area contributed by atoms with Gasteiger partial charge in [0, 0.05) is 6.54 Å². The van der Waals surface area contributed by atoms with Crippen molar-refractivity contribution in [2.24, 2.45) is 5.92 Å². The van der Waals surface area contributed by atoms with Crippen LogP contribution in [0.3, 0.4) is 0 Å². The monoisotopic (exact) mass is 239 g/mol. The lowest BCUT2D eigenvalue weighted by Gasteiger charge is -2.12. The molecule has 0 aliphatic rings. The molecule has 1 aromatic heterocycles. The Morgan fingerprint density at radius 2 is 2.12 bits per heavy atom. The number of imidazole rings is 1. The number of aromatic amines is 1. The molecule has 0 saturated carbocycles. The van der Waals surface area contributed by atoms with Crippen molar-refractivity contribution in [2.75, 3.05) is 6.54 Å². The van der Waals surface area contributed by atoms with Crippen molar-refractivity contribution in [2.45, 2.75) is 26.7 Å². The maximum Gasteiger partial charge on any atom is 0.354 e. The van der Waals surface area contributed by atoms with E-state index in [2.05, 4.69) is 29.1 Å². The van der Waals surface area contributed by atoms with Gasteiger partial charge in [0.1, 0.15) is 0 Å². The summed E-state index contributed by atoms with van der Waals surface area (Å²) in [6, 6.07) is 0. The number of nitrogens with zero attached hydrogens (tertiary/aromatic N) is 1. The number of H-pyrrole nitrogens is 1. The molecular formula is C11H17N3O3. The Bertz CT molecular complexity index is 396. The van der Waals surface area contributed by atoms with Gasteiger partial charge in [0.05, 0.1) is 6.33 Å². The predicted molar refractivity (Wildman–Crippen MR) is 62.0 cm³/mol. The number of hydrogen-bond donors (Lipinski definition) is 3. The van der Waals surface area contributed by atoms with E-state index in [-0.39, 0.29) is 11.4 Å². The Kier molecular flexibility index (Phi) is 4.68. The molecule has 1 heterocycles. The van der Waals surface area contributed by atoms with Crippen LogP contribution in [0, 0.1) is 5.92 Å². The lowest BCUT2D eigenvalue weighted by molar-refractivity contribution is 0.0685. The van der Waals surface area contributed by atoms with Crippen molar-refractivity contribution >= 4 is 11.9 Å². The van der Waals surface area contributed by atoms with Gasteiger partial charge in [0.25, 0.3) is 5.91 Å². The first-order valence-corrected chi connectivity index (χ1v) is 5.64. The summed E-state index contributed by atoms with van der Waals surface area (Å²) >= 11 is 0. The number of amides is 1. The zero-order valence-electron chi connectivity index (χ0n) is 9.99. The third-order valence-electron chi connectivity index (χ3n) is 2.77. The molecule has 0 aromatic carbocycles. The van der Waals surface area contributed by atoms with Gasteiger partial charge < -0.3 is 15.4 Å². The fourth-order valence-corrected chi connectivity index (χ4v) is 1.53. The number of hydrogen-bond acceptors (Lipinski definition) is 3. The van der Waals surface area contributed by atoms with Gasteiger partial charge in [-0.1, -0.05) is 26.7 Å². The van der Waals surface area contributed by atoms with Crippen LogP contribution < -0.4 is 5.32 Å². The molecule has 0 unspecified atom stereocenters. The quantitative estimate of drug-likeness (QED) is 0.696. The summed E-state index contributed by atoms with van der Waals surface area (Å²) in [5.41, 5.74) is -0.240. The highest BCUT2D eigenvalue weighted by molar-refractivity contribution is 6.02. The lowest BCUT2D eigenvalue weighted by Crippen LogP contribution is -2.30. The van der Waals surface area contributed by atoms with Gasteiger partial charge in [-0.15, -0.1) is 0 Å². The second kappa shape index (κ2) is 6.03. The van der Waals surface area contributed by atoms with E-state index in [1.807, 2.05) is 0 Å². The van der Waals surface area contributed by atoms with Crippen molar-refractivity contribution in [3.8, 4) is 0 Å². The molecule has 17 heavy (non-hydrogen) atoms. The van der Waals surface area contributed by atoms with Crippen molar-refractivity contribution in [1.82, 2.24) is 15.3 Å². The molecule has 0 spiro atoms. The minimum Gasteiger partial charge on any atom is -0.477 e. The lowest BCUT2D eigenvalue weighted by atomic mass is 10.0. The molecule has 0 aliphatic heterocycles. The topological polar surface area (TPSA) is 95.1 Å². The average Bonchev–Trinajstić information content (AvgIpc) is 2.79. The average molecular weight is 239 g/mol. The first-order chi connectivity index (χ1) is 8.10. The van der Waals surface area contributed by atoms with E-state index in [0.717, 1.165) is 12.8 Å². The van der Waals surface area contributed by atoms with Gasteiger partial charge in [-0.3, -0.25) is 4.79 Å². The molecular weight excluding hydrogens is 222 g/mol. The van der Waals surface area contributed by atoms with Crippen molar-refractivity contribution in [1.29, 1.82) is 0 Å². The second-order valence-corrected chi connectivity index (χ2v) is 3.82. The van der Waals surface area contributed by atoms with E-state index < -0.39 is 11.9 Å². The maximum absolute atomic E-state index is 11.7. The number of nitrogens with one attached hydrogen (secondary N) is 2. The first kappa shape index (κ1) is 13.2. The molecule has 6 nitrogen and oxygen atoms in total. The molecule has 6 heteroatoms. The Labute approximate surface area is 99.4 Å². The molecule has 94 valence electrons. The maximum atomic E-state index is 11.7. The number of carbonyl (C=O) groups excluding carboxylic acids is 1. The minimum absolute atomic E-state index is 0.0662. The summed E-state index contributed by atoms with van der Waals surface area (Å²) in [6.45, 7) is 4.65. The molecule has 0 atom stereocenters. The molecule has 3 N–H and O–H groups in total. The molecule has 0 saturated heterocycles. The van der Waals surface area contributed by atoms with Crippen LogP contribution in [-0.4, -0.2) is 33.5 Å². The molecule has 1 amide bonds. The van der Waals surface area contributed by atoms with Crippen molar-refractivity contribution in [3.05, 3.63) is 17.7 Å². The first-order valence-electron chi connectivity index (χ1n) is 5.64. The van der Waals surface area contributed by atoms with Crippen molar-refractivity contribution in [3.63, 3.8) is 0 Å². The second-order valence-electron chi connectivity index (χ2n) is 3.82. The summed E-state index contributed by atoms with van der Waals surface area (Å²) in [4.78, 5) is 28.6. The van der Waals surface area contributed by atoms with Crippen molar-refractivity contribution < 1.29 is 14.7 Å². The van der Waals surface area contributed by atoms with Crippen LogP contribution in [-0.2, 0) is 0 Å². The SMILES string of the molecule is CCC(CC)CNC(=O)c1nc[nH]c1C(=O)O. The summed E-state index contributed by atoms with van der Waals surface area (Å²) < 4.78 is 0. The summed E-state index contributed by atoms with van der Waals surface area (Å²) in [6.07, 6.45) is 3.15. The number of carboxylic acid groups (broad SMARTS) is 1. The molecule has 1 rings (SSSR count). The van der Waals surface area contributed by atoms with Gasteiger partial charge in [-0.25, -0.2) is 9.78 Å². The molecule has 0 bridgehead atoms. The standard InChI is InChI=1S/C11H17N3O3/c1-3-7(4-2)5-12-10(15)8-9(11(16)17)14-6-13-8/h6-7H,3-5H2,1-2H3,(H,12,15)(H,13,14)(H,16,17). The van der Waals surface area contributed by atoms with Gasteiger partial charge in [-0.2, -0.15) is 0 Å². The minimum atomic E-state index is -1.19. The predicted octanol–water partition coefficient (Wildman–Crippen LogP) is 1.27. The number of aromatic carboxylic acids is 1. The van der Waals surface area contributed by atoms with E-state index in [1.54, 1.807) is 0 Å². The number of aromatic nitrogens is 2. The molecule has 0 radical (unpaired) electrons. The number of carboxylic acids is 1. The van der Waals surface area contributed by atoms with Gasteiger partial charge in [0.15, 0.2) is 11.4 Å². The zero-order chi connectivity index (χ0) is 12.8. The number of rotatable bonds is 6. The van der Waals surface area contributed by atoms with Gasteiger partial charge in [0.2, 0.25) is 0 Å². The van der Waals surface area contributed by atoms with Gasteiger partial charge in [-0.05, 0) is 5.92 Å². The van der Waals surface area contributed by atoms with Gasteiger partial charge >= 0.3 is 5.97 Å². The van der Waals surface area contributed by atoms with Crippen LogP contribution in [0.15, 0.2) is 6.33 Å². The van der Waals surface area contributed by atoms with Crippen LogP contribution >= 0.6 is 0 Å². The van der Waals surface area contributed by atoms with Crippen LogP contribution in [0.5, 0.6) is 0 Å². The van der Waals surface area contributed by atoms with E-state index >= 15 is 0 Å². The number of carbonyl (C=O) groups is 2. The Balaban J connectivity index is 2.64. The van der Waals surface area contributed by atoms with Crippen LogP contribution in [0.2, 0.25) is 0 Å². The molecule has 0 aliphatic carbocycles. The highest BCUT2D eigenvalue weighted by atomic mass is 16.4. The smallest absolute Gasteiger partial charge is 0.354 e. The summed E-state index contributed by atoms with van der Waals surface area (Å²) in [7, 11) is 0. The largest absolute Gasteiger partial charge is 0.477 e.